The normalized spacial score (nSPS) is 16.7. The van der Waals surface area contributed by atoms with Gasteiger partial charge in [-0.1, -0.05) is 28.9 Å². The van der Waals surface area contributed by atoms with Crippen molar-refractivity contribution < 1.29 is 18.8 Å². The first-order chi connectivity index (χ1) is 13.1. The van der Waals surface area contributed by atoms with E-state index in [1.54, 1.807) is 22.3 Å². The number of ether oxygens (including phenoxy) is 1. The molecule has 0 aliphatic carbocycles. The Morgan fingerprint density at radius 1 is 1.33 bits per heavy atom. The quantitative estimate of drug-likeness (QED) is 0.628. The second-order valence-electron chi connectivity index (χ2n) is 6.51. The summed E-state index contributed by atoms with van der Waals surface area (Å²) in [5, 5.41) is 5.89. The molecule has 7 heteroatoms. The molecule has 138 valence electrons. The largest absolute Gasteiger partial charge is 0.459 e. The topological polar surface area (TPSA) is 72.6 Å². The molecule has 6 nitrogen and oxygen atoms in total. The van der Waals surface area contributed by atoms with Gasteiger partial charge in [-0.2, -0.15) is 0 Å². The van der Waals surface area contributed by atoms with E-state index in [1.165, 1.54) is 0 Å². The lowest BCUT2D eigenvalue weighted by atomic mass is 10.1. The van der Waals surface area contributed by atoms with Gasteiger partial charge in [-0.05, 0) is 30.5 Å². The molecule has 1 aliphatic rings. The SMILES string of the molecule is Cc1ccc(N2C[C@H](C(=O)OCc3cc(-c4cccs4)on3)CC2=O)cc1. The number of carbonyl (C=O) groups is 2. The summed E-state index contributed by atoms with van der Waals surface area (Å²) in [6.45, 7) is 2.35. The summed E-state index contributed by atoms with van der Waals surface area (Å²) < 4.78 is 10.6. The molecule has 1 aromatic carbocycles. The van der Waals surface area contributed by atoms with Crippen molar-refractivity contribution in [3.05, 3.63) is 59.1 Å². The number of hydrogen-bond acceptors (Lipinski definition) is 6. The van der Waals surface area contributed by atoms with Gasteiger partial charge in [-0.25, -0.2) is 0 Å². The Kier molecular flexibility index (Phi) is 4.77. The highest BCUT2D eigenvalue weighted by atomic mass is 32.1. The molecule has 1 aliphatic heterocycles. The molecule has 0 saturated carbocycles. The van der Waals surface area contributed by atoms with Gasteiger partial charge in [0.1, 0.15) is 12.3 Å². The molecule has 0 unspecified atom stereocenters. The second kappa shape index (κ2) is 7.36. The Balaban J connectivity index is 1.35. The fourth-order valence-electron chi connectivity index (χ4n) is 3.02. The summed E-state index contributed by atoms with van der Waals surface area (Å²) in [5.74, 6) is -0.277. The zero-order valence-corrected chi connectivity index (χ0v) is 15.6. The van der Waals surface area contributed by atoms with Crippen molar-refractivity contribution in [3.63, 3.8) is 0 Å². The molecule has 1 amide bonds. The number of carbonyl (C=O) groups excluding carboxylic acids is 2. The number of aromatic nitrogens is 1. The van der Waals surface area contributed by atoms with Crippen LogP contribution in [0.4, 0.5) is 5.69 Å². The fourth-order valence-corrected chi connectivity index (χ4v) is 3.69. The summed E-state index contributed by atoms with van der Waals surface area (Å²) in [6.07, 6.45) is 0.159. The Morgan fingerprint density at radius 2 is 2.15 bits per heavy atom. The van der Waals surface area contributed by atoms with Gasteiger partial charge in [0, 0.05) is 24.7 Å². The van der Waals surface area contributed by atoms with Gasteiger partial charge in [0.15, 0.2) is 5.76 Å². The molecular weight excluding hydrogens is 364 g/mol. The van der Waals surface area contributed by atoms with Crippen molar-refractivity contribution in [2.75, 3.05) is 11.4 Å². The highest BCUT2D eigenvalue weighted by Gasteiger charge is 2.36. The first-order valence-electron chi connectivity index (χ1n) is 8.63. The molecular formula is C20H18N2O4S. The number of thiophene rings is 1. The van der Waals surface area contributed by atoms with Crippen LogP contribution in [-0.4, -0.2) is 23.6 Å². The molecule has 1 saturated heterocycles. The lowest BCUT2D eigenvalue weighted by Crippen LogP contribution is -2.26. The number of rotatable bonds is 5. The lowest BCUT2D eigenvalue weighted by molar-refractivity contribution is -0.149. The van der Waals surface area contributed by atoms with Crippen LogP contribution in [0.5, 0.6) is 0 Å². The molecule has 0 bridgehead atoms. The van der Waals surface area contributed by atoms with Crippen LogP contribution in [0.25, 0.3) is 10.6 Å². The molecule has 3 heterocycles. The molecule has 0 N–H and O–H groups in total. The van der Waals surface area contributed by atoms with Crippen LogP contribution < -0.4 is 4.90 Å². The average molecular weight is 382 g/mol. The van der Waals surface area contributed by atoms with E-state index < -0.39 is 11.9 Å². The summed E-state index contributed by atoms with van der Waals surface area (Å²) >= 11 is 1.55. The molecule has 27 heavy (non-hydrogen) atoms. The molecule has 1 atom stereocenters. The van der Waals surface area contributed by atoms with Crippen molar-refractivity contribution in [1.82, 2.24) is 5.16 Å². The first-order valence-corrected chi connectivity index (χ1v) is 9.51. The number of benzene rings is 1. The fraction of sp³-hybridized carbons (Fsp3) is 0.250. The van der Waals surface area contributed by atoms with Gasteiger partial charge in [0.05, 0.1) is 10.8 Å². The van der Waals surface area contributed by atoms with Gasteiger partial charge in [-0.3, -0.25) is 9.59 Å². The van der Waals surface area contributed by atoms with Crippen molar-refractivity contribution in [3.8, 4) is 10.6 Å². The molecule has 1 fully saturated rings. The van der Waals surface area contributed by atoms with E-state index in [-0.39, 0.29) is 18.9 Å². The number of hydrogen-bond donors (Lipinski definition) is 0. The standard InChI is InChI=1S/C20H18N2O4S/c1-13-4-6-16(7-5-13)22-11-14(9-19(22)23)20(24)25-12-15-10-17(26-21-15)18-3-2-8-27-18/h2-8,10,14H,9,11-12H2,1H3/t14-/m1/s1. The number of esters is 1. The highest BCUT2D eigenvalue weighted by Crippen LogP contribution is 2.27. The predicted octanol–water partition coefficient (Wildman–Crippen LogP) is 3.81. The number of amides is 1. The molecule has 0 radical (unpaired) electrons. The van der Waals surface area contributed by atoms with Gasteiger partial charge in [-0.15, -0.1) is 11.3 Å². The molecule has 4 rings (SSSR count). The van der Waals surface area contributed by atoms with Crippen LogP contribution >= 0.6 is 11.3 Å². The Bertz CT molecular complexity index is 947. The second-order valence-corrected chi connectivity index (χ2v) is 7.46. The summed E-state index contributed by atoms with van der Waals surface area (Å²) in [7, 11) is 0. The highest BCUT2D eigenvalue weighted by molar-refractivity contribution is 7.13. The van der Waals surface area contributed by atoms with Crippen LogP contribution in [0.1, 0.15) is 17.7 Å². The molecule has 2 aromatic heterocycles. The van der Waals surface area contributed by atoms with E-state index >= 15 is 0 Å². The van der Waals surface area contributed by atoms with Gasteiger partial charge >= 0.3 is 5.97 Å². The Labute approximate surface area is 160 Å². The minimum absolute atomic E-state index is 0.0307. The van der Waals surface area contributed by atoms with Gasteiger partial charge in [0.2, 0.25) is 5.91 Å². The zero-order valence-electron chi connectivity index (χ0n) is 14.8. The summed E-state index contributed by atoms with van der Waals surface area (Å²) in [4.78, 5) is 27.3. The third-order valence-electron chi connectivity index (χ3n) is 4.49. The molecule has 0 spiro atoms. The maximum absolute atomic E-state index is 12.4. The van der Waals surface area contributed by atoms with Crippen molar-refractivity contribution in [2.45, 2.75) is 20.0 Å². The van der Waals surface area contributed by atoms with E-state index in [0.29, 0.717) is 18.0 Å². The van der Waals surface area contributed by atoms with Crippen LogP contribution in [-0.2, 0) is 20.9 Å². The summed E-state index contributed by atoms with van der Waals surface area (Å²) in [5.41, 5.74) is 2.47. The predicted molar refractivity (Wildman–Crippen MR) is 101 cm³/mol. The number of anilines is 1. The summed E-state index contributed by atoms with van der Waals surface area (Å²) in [6, 6.07) is 13.3. The monoisotopic (exact) mass is 382 g/mol. The van der Waals surface area contributed by atoms with Crippen LogP contribution in [0.15, 0.2) is 52.4 Å². The van der Waals surface area contributed by atoms with Crippen molar-refractivity contribution in [2.24, 2.45) is 5.92 Å². The minimum atomic E-state index is -0.470. The van der Waals surface area contributed by atoms with E-state index in [2.05, 4.69) is 5.16 Å². The Morgan fingerprint density at radius 3 is 2.89 bits per heavy atom. The van der Waals surface area contributed by atoms with Gasteiger partial charge in [0.25, 0.3) is 0 Å². The minimum Gasteiger partial charge on any atom is -0.459 e. The van der Waals surface area contributed by atoms with E-state index in [1.807, 2.05) is 48.7 Å². The Hall–Kier alpha value is -2.93. The number of aryl methyl sites for hydroxylation is 1. The van der Waals surface area contributed by atoms with Crippen LogP contribution in [0, 0.1) is 12.8 Å². The van der Waals surface area contributed by atoms with Crippen molar-refractivity contribution >= 4 is 28.9 Å². The smallest absolute Gasteiger partial charge is 0.311 e. The third-order valence-corrected chi connectivity index (χ3v) is 5.37. The van der Waals surface area contributed by atoms with E-state index in [0.717, 1.165) is 16.1 Å². The molecule has 3 aromatic rings. The van der Waals surface area contributed by atoms with E-state index in [9.17, 15) is 9.59 Å². The van der Waals surface area contributed by atoms with E-state index in [4.69, 9.17) is 9.26 Å². The van der Waals surface area contributed by atoms with Crippen LogP contribution in [0.3, 0.4) is 0 Å². The lowest BCUT2D eigenvalue weighted by Gasteiger charge is -2.16. The maximum atomic E-state index is 12.4. The average Bonchev–Trinajstić information content (AvgIpc) is 3.41. The third kappa shape index (κ3) is 3.78. The number of nitrogens with zero attached hydrogens (tertiary/aromatic N) is 2. The van der Waals surface area contributed by atoms with Crippen molar-refractivity contribution in [1.29, 1.82) is 0 Å². The maximum Gasteiger partial charge on any atom is 0.311 e. The zero-order chi connectivity index (χ0) is 18.8. The van der Waals surface area contributed by atoms with Crippen LogP contribution in [0.2, 0.25) is 0 Å². The van der Waals surface area contributed by atoms with Gasteiger partial charge < -0.3 is 14.2 Å². The first kappa shape index (κ1) is 17.5.